The van der Waals surface area contributed by atoms with Gasteiger partial charge in [-0.05, 0) is 47.7 Å². The standard InChI is InChI=1S/C23H25N3O4S.HI/c27-23-20-5-2-1-4-19(20)21-15-16-14-17(6-7-18(16)22(21)25-23)31(28,29)24-8-3-9-26-10-12-30-13-11-26;/h1-2,4-7,14,24H,3,8-13,15H2,(H,25,27);1H. The first-order valence-corrected chi connectivity index (χ1v) is 12.1. The van der Waals surface area contributed by atoms with Gasteiger partial charge in [-0.15, -0.1) is 24.0 Å². The molecule has 5 rings (SSSR count). The van der Waals surface area contributed by atoms with Gasteiger partial charge in [0, 0.05) is 37.0 Å². The average Bonchev–Trinajstić information content (AvgIpc) is 3.16. The normalized spacial score (nSPS) is 15.9. The van der Waals surface area contributed by atoms with Crippen molar-refractivity contribution in [1.82, 2.24) is 14.6 Å². The molecule has 0 spiro atoms. The number of nitrogens with zero attached hydrogens (tertiary/aromatic N) is 1. The van der Waals surface area contributed by atoms with Gasteiger partial charge in [0.15, 0.2) is 0 Å². The van der Waals surface area contributed by atoms with E-state index < -0.39 is 10.0 Å². The molecule has 3 aromatic rings. The number of nitrogens with one attached hydrogen (secondary N) is 2. The van der Waals surface area contributed by atoms with Crippen LogP contribution in [0.15, 0.2) is 52.2 Å². The minimum atomic E-state index is -3.59. The Bertz CT molecular complexity index is 1300. The summed E-state index contributed by atoms with van der Waals surface area (Å²) in [6.07, 6.45) is 1.35. The third kappa shape index (κ3) is 4.49. The molecule has 0 amide bonds. The van der Waals surface area contributed by atoms with Gasteiger partial charge >= 0.3 is 0 Å². The summed E-state index contributed by atoms with van der Waals surface area (Å²) in [5.74, 6) is 0. The number of hydrogen-bond acceptors (Lipinski definition) is 5. The Hall–Kier alpha value is -1.79. The number of hydrogen-bond donors (Lipinski definition) is 2. The highest BCUT2D eigenvalue weighted by Gasteiger charge is 2.25. The molecule has 2 aliphatic rings. The molecule has 170 valence electrons. The second kappa shape index (κ2) is 9.60. The number of morpholine rings is 1. The van der Waals surface area contributed by atoms with Crippen LogP contribution in [0.1, 0.15) is 17.5 Å². The fraction of sp³-hybridized carbons (Fsp3) is 0.348. The molecule has 1 saturated heterocycles. The number of ether oxygens (including phenoxy) is 1. The Balaban J connectivity index is 0.00000245. The zero-order chi connectivity index (χ0) is 21.4. The summed E-state index contributed by atoms with van der Waals surface area (Å²) >= 11 is 0. The van der Waals surface area contributed by atoms with E-state index in [2.05, 4.69) is 14.6 Å². The molecule has 9 heteroatoms. The Labute approximate surface area is 204 Å². The quantitative estimate of drug-likeness (QED) is 0.276. The molecule has 0 bridgehead atoms. The molecule has 1 aliphatic heterocycles. The van der Waals surface area contributed by atoms with Gasteiger partial charge in [-0.1, -0.05) is 24.3 Å². The smallest absolute Gasteiger partial charge is 0.256 e. The maximum Gasteiger partial charge on any atom is 0.256 e. The van der Waals surface area contributed by atoms with Crippen LogP contribution in [0.2, 0.25) is 0 Å². The molecular weight excluding hydrogens is 541 g/mol. The maximum atomic E-state index is 12.8. The molecule has 2 aromatic carbocycles. The number of aromatic amines is 1. The molecule has 0 saturated carbocycles. The van der Waals surface area contributed by atoms with E-state index >= 15 is 0 Å². The second-order valence-corrected chi connectivity index (χ2v) is 9.82. The van der Waals surface area contributed by atoms with Crippen molar-refractivity contribution in [3.63, 3.8) is 0 Å². The van der Waals surface area contributed by atoms with Crippen LogP contribution in [0.25, 0.3) is 22.0 Å². The van der Waals surface area contributed by atoms with Crippen LogP contribution in [0.5, 0.6) is 0 Å². The number of H-pyrrole nitrogens is 1. The molecule has 1 fully saturated rings. The molecule has 1 aliphatic carbocycles. The van der Waals surface area contributed by atoms with Crippen molar-refractivity contribution in [3.05, 3.63) is 63.9 Å². The predicted octanol–water partition coefficient (Wildman–Crippen LogP) is 2.72. The van der Waals surface area contributed by atoms with Crippen LogP contribution in [0, 0.1) is 0 Å². The summed E-state index contributed by atoms with van der Waals surface area (Å²) in [4.78, 5) is 18.0. The third-order valence-corrected chi connectivity index (χ3v) is 7.57. The molecule has 2 N–H and O–H groups in total. The highest BCUT2D eigenvalue weighted by molar-refractivity contribution is 14.0. The molecule has 2 heterocycles. The SMILES string of the molecule is I.O=c1[nH]c2c(c3ccccc13)Cc1cc(S(=O)(=O)NCCCN3CCOCC3)ccc1-2. The van der Waals surface area contributed by atoms with Gasteiger partial charge in [-0.2, -0.15) is 0 Å². The van der Waals surface area contributed by atoms with Gasteiger partial charge in [-0.3, -0.25) is 9.69 Å². The molecular formula is C23H26IN3O4S. The maximum absolute atomic E-state index is 12.8. The van der Waals surface area contributed by atoms with Gasteiger partial charge in [0.1, 0.15) is 0 Å². The van der Waals surface area contributed by atoms with Crippen molar-refractivity contribution in [3.8, 4) is 11.3 Å². The number of pyridine rings is 1. The lowest BCUT2D eigenvalue weighted by molar-refractivity contribution is 0.0376. The summed E-state index contributed by atoms with van der Waals surface area (Å²) < 4.78 is 33.7. The van der Waals surface area contributed by atoms with E-state index in [0.29, 0.717) is 18.4 Å². The average molecular weight is 567 g/mol. The Morgan fingerprint density at radius 2 is 1.81 bits per heavy atom. The zero-order valence-corrected chi connectivity index (χ0v) is 20.7. The number of benzene rings is 2. The van der Waals surface area contributed by atoms with Crippen LogP contribution in [0.4, 0.5) is 0 Å². The fourth-order valence-corrected chi connectivity index (χ4v) is 5.61. The largest absolute Gasteiger partial charge is 0.379 e. The zero-order valence-electron chi connectivity index (χ0n) is 17.6. The highest BCUT2D eigenvalue weighted by atomic mass is 127. The summed E-state index contributed by atoms with van der Waals surface area (Å²) in [5, 5.41) is 1.58. The summed E-state index contributed by atoms with van der Waals surface area (Å²) in [5.41, 5.74) is 3.52. The second-order valence-electron chi connectivity index (χ2n) is 8.05. The molecule has 32 heavy (non-hydrogen) atoms. The minimum Gasteiger partial charge on any atom is -0.379 e. The number of sulfonamides is 1. The number of halogens is 1. The highest BCUT2D eigenvalue weighted by Crippen LogP contribution is 2.38. The molecule has 0 unspecified atom stereocenters. The van der Waals surface area contributed by atoms with Crippen molar-refractivity contribution in [2.75, 3.05) is 39.4 Å². The first-order valence-electron chi connectivity index (χ1n) is 10.6. The summed E-state index contributed by atoms with van der Waals surface area (Å²) in [6.45, 7) is 4.53. The van der Waals surface area contributed by atoms with Crippen LogP contribution in [-0.4, -0.2) is 57.7 Å². The van der Waals surface area contributed by atoms with Crippen molar-refractivity contribution in [2.24, 2.45) is 0 Å². The van der Waals surface area contributed by atoms with Crippen molar-refractivity contribution in [1.29, 1.82) is 0 Å². The Kier molecular flexibility index (Phi) is 7.01. The van der Waals surface area contributed by atoms with Crippen LogP contribution < -0.4 is 10.3 Å². The number of aromatic nitrogens is 1. The van der Waals surface area contributed by atoms with E-state index in [4.69, 9.17) is 4.74 Å². The Morgan fingerprint density at radius 1 is 1.06 bits per heavy atom. The minimum absolute atomic E-state index is 0. The van der Waals surface area contributed by atoms with E-state index in [9.17, 15) is 13.2 Å². The lowest BCUT2D eigenvalue weighted by Crippen LogP contribution is -2.38. The summed E-state index contributed by atoms with van der Waals surface area (Å²) in [6, 6.07) is 12.7. The molecule has 1 aromatic heterocycles. The van der Waals surface area contributed by atoms with Gasteiger partial charge in [0.25, 0.3) is 5.56 Å². The topological polar surface area (TPSA) is 91.5 Å². The van der Waals surface area contributed by atoms with Gasteiger partial charge in [0.2, 0.25) is 10.0 Å². The molecule has 0 radical (unpaired) electrons. The predicted molar refractivity (Wildman–Crippen MR) is 135 cm³/mol. The molecule has 0 atom stereocenters. The lowest BCUT2D eigenvalue weighted by Gasteiger charge is -2.26. The van der Waals surface area contributed by atoms with Crippen LogP contribution in [0.3, 0.4) is 0 Å². The van der Waals surface area contributed by atoms with E-state index in [-0.39, 0.29) is 34.4 Å². The lowest BCUT2D eigenvalue weighted by atomic mass is 10.0. The molecule has 7 nitrogen and oxygen atoms in total. The van der Waals surface area contributed by atoms with Gasteiger partial charge in [-0.25, -0.2) is 13.1 Å². The van der Waals surface area contributed by atoms with Crippen molar-refractivity contribution >= 4 is 44.8 Å². The van der Waals surface area contributed by atoms with E-state index in [1.807, 2.05) is 24.3 Å². The first-order chi connectivity index (χ1) is 15.0. The van der Waals surface area contributed by atoms with Gasteiger partial charge in [0.05, 0.1) is 23.8 Å². The van der Waals surface area contributed by atoms with E-state index in [1.165, 1.54) is 0 Å². The summed E-state index contributed by atoms with van der Waals surface area (Å²) in [7, 11) is -3.59. The van der Waals surface area contributed by atoms with E-state index in [1.54, 1.807) is 18.2 Å². The van der Waals surface area contributed by atoms with Crippen LogP contribution in [-0.2, 0) is 21.2 Å². The van der Waals surface area contributed by atoms with E-state index in [0.717, 1.165) is 67.0 Å². The Morgan fingerprint density at radius 3 is 2.59 bits per heavy atom. The third-order valence-electron chi connectivity index (χ3n) is 6.11. The monoisotopic (exact) mass is 567 g/mol. The van der Waals surface area contributed by atoms with Crippen molar-refractivity contribution in [2.45, 2.75) is 17.7 Å². The first kappa shape index (κ1) is 23.4. The van der Waals surface area contributed by atoms with Crippen molar-refractivity contribution < 1.29 is 13.2 Å². The number of fused-ring (bicyclic) bond motifs is 5. The fourth-order valence-electron chi connectivity index (χ4n) is 4.48. The van der Waals surface area contributed by atoms with Gasteiger partial charge < -0.3 is 9.72 Å². The van der Waals surface area contributed by atoms with Crippen LogP contribution >= 0.6 is 24.0 Å². The number of rotatable bonds is 6.